The van der Waals surface area contributed by atoms with Gasteiger partial charge in [-0.2, -0.15) is 0 Å². The third-order valence-corrected chi connectivity index (χ3v) is 3.93. The molecule has 2 aromatic carbocycles. The van der Waals surface area contributed by atoms with Gasteiger partial charge in [0.1, 0.15) is 0 Å². The van der Waals surface area contributed by atoms with Crippen LogP contribution in [0.1, 0.15) is 29.8 Å². The van der Waals surface area contributed by atoms with Gasteiger partial charge in [-0.15, -0.1) is 12.4 Å². The quantitative estimate of drug-likeness (QED) is 0.672. The normalized spacial score (nSPS) is 10.0. The molecule has 0 aromatic heterocycles. The Hall–Kier alpha value is -2.04. The van der Waals surface area contributed by atoms with Crippen LogP contribution >= 0.6 is 12.4 Å². The summed E-state index contributed by atoms with van der Waals surface area (Å²) in [5.74, 6) is -0.0226. The van der Waals surface area contributed by atoms with Gasteiger partial charge in [0.05, 0.1) is 0 Å². The molecule has 0 spiro atoms. The Labute approximate surface area is 157 Å². The van der Waals surface area contributed by atoms with Crippen molar-refractivity contribution in [3.05, 3.63) is 65.7 Å². The highest BCUT2D eigenvalue weighted by Crippen LogP contribution is 2.18. The number of rotatable bonds is 9. The summed E-state index contributed by atoms with van der Waals surface area (Å²) in [5.41, 5.74) is 3.11. The number of nitrogens with one attached hydrogen (secondary N) is 2. The molecule has 136 valence electrons. The number of halogens is 1. The molecule has 0 aliphatic heterocycles. The van der Waals surface area contributed by atoms with Crippen LogP contribution in [-0.4, -0.2) is 32.1 Å². The van der Waals surface area contributed by atoms with E-state index >= 15 is 0 Å². The number of amides is 1. The standard InChI is InChI=1S/C20H27N3O.ClH/c1-3-21-14-15-22-20(24)18-10-12-19(13-11-18)23(4-2)16-17-8-6-5-7-9-17;/h5-13,21H,3-4,14-16H2,1-2H3,(H,22,24);1H. The minimum absolute atomic E-state index is 0. The van der Waals surface area contributed by atoms with Crippen molar-refractivity contribution in [1.82, 2.24) is 10.6 Å². The highest BCUT2D eigenvalue weighted by Gasteiger charge is 2.08. The highest BCUT2D eigenvalue weighted by molar-refractivity contribution is 5.94. The Morgan fingerprint density at radius 2 is 1.64 bits per heavy atom. The molecular formula is C20H28ClN3O. The molecule has 0 heterocycles. The third kappa shape index (κ3) is 6.77. The summed E-state index contributed by atoms with van der Waals surface area (Å²) in [7, 11) is 0. The Kier molecular flexibility index (Phi) is 9.66. The molecule has 0 unspecified atom stereocenters. The number of hydrogen-bond donors (Lipinski definition) is 2. The maximum atomic E-state index is 12.1. The lowest BCUT2D eigenvalue weighted by molar-refractivity contribution is 0.0954. The number of anilines is 1. The lowest BCUT2D eigenvalue weighted by Gasteiger charge is -2.23. The number of benzene rings is 2. The van der Waals surface area contributed by atoms with Crippen molar-refractivity contribution in [3.8, 4) is 0 Å². The first-order chi connectivity index (χ1) is 11.7. The average molecular weight is 362 g/mol. The van der Waals surface area contributed by atoms with Crippen molar-refractivity contribution in [2.75, 3.05) is 31.1 Å². The summed E-state index contributed by atoms with van der Waals surface area (Å²) in [5, 5.41) is 6.11. The van der Waals surface area contributed by atoms with Crippen LogP contribution < -0.4 is 15.5 Å². The maximum Gasteiger partial charge on any atom is 0.251 e. The monoisotopic (exact) mass is 361 g/mol. The molecule has 0 aliphatic rings. The van der Waals surface area contributed by atoms with Gasteiger partial charge >= 0.3 is 0 Å². The predicted octanol–water partition coefficient (Wildman–Crippen LogP) is 3.47. The number of nitrogens with zero attached hydrogens (tertiary/aromatic N) is 1. The molecule has 0 radical (unpaired) electrons. The maximum absolute atomic E-state index is 12.1. The Bertz CT molecular complexity index is 617. The van der Waals surface area contributed by atoms with Crippen LogP contribution in [0.5, 0.6) is 0 Å². The number of hydrogen-bond acceptors (Lipinski definition) is 3. The van der Waals surface area contributed by atoms with Crippen molar-refractivity contribution >= 4 is 24.0 Å². The molecule has 1 amide bonds. The van der Waals surface area contributed by atoms with Crippen molar-refractivity contribution in [3.63, 3.8) is 0 Å². The summed E-state index contributed by atoms with van der Waals surface area (Å²) in [6.07, 6.45) is 0. The SMILES string of the molecule is CCNCCNC(=O)c1ccc(N(CC)Cc2ccccc2)cc1.Cl. The zero-order valence-electron chi connectivity index (χ0n) is 15.0. The van der Waals surface area contributed by atoms with E-state index in [1.54, 1.807) is 0 Å². The summed E-state index contributed by atoms with van der Waals surface area (Å²) in [4.78, 5) is 14.4. The van der Waals surface area contributed by atoms with E-state index in [0.717, 1.165) is 31.9 Å². The summed E-state index contributed by atoms with van der Waals surface area (Å²) < 4.78 is 0. The van der Waals surface area contributed by atoms with Crippen molar-refractivity contribution in [2.45, 2.75) is 20.4 Å². The van der Waals surface area contributed by atoms with E-state index in [1.165, 1.54) is 5.56 Å². The van der Waals surface area contributed by atoms with Crippen LogP contribution in [0.25, 0.3) is 0 Å². The van der Waals surface area contributed by atoms with E-state index in [-0.39, 0.29) is 18.3 Å². The summed E-state index contributed by atoms with van der Waals surface area (Å²) >= 11 is 0. The molecule has 2 aromatic rings. The smallest absolute Gasteiger partial charge is 0.251 e. The first-order valence-electron chi connectivity index (χ1n) is 8.62. The molecule has 0 saturated heterocycles. The van der Waals surface area contributed by atoms with Crippen molar-refractivity contribution < 1.29 is 4.79 Å². The Morgan fingerprint density at radius 3 is 2.24 bits per heavy atom. The molecule has 2 N–H and O–H groups in total. The number of likely N-dealkylation sites (N-methyl/N-ethyl adjacent to an activating group) is 1. The topological polar surface area (TPSA) is 44.4 Å². The second-order valence-electron chi connectivity index (χ2n) is 5.66. The second kappa shape index (κ2) is 11.5. The van der Waals surface area contributed by atoms with Crippen LogP contribution in [0.4, 0.5) is 5.69 Å². The minimum atomic E-state index is -0.0226. The van der Waals surface area contributed by atoms with Gasteiger partial charge in [-0.25, -0.2) is 0 Å². The molecule has 4 nitrogen and oxygen atoms in total. The molecular weight excluding hydrogens is 334 g/mol. The fourth-order valence-electron chi connectivity index (χ4n) is 2.56. The van der Waals surface area contributed by atoms with Crippen LogP contribution in [0.15, 0.2) is 54.6 Å². The predicted molar refractivity (Wildman–Crippen MR) is 108 cm³/mol. The van der Waals surface area contributed by atoms with E-state index in [2.05, 4.69) is 53.6 Å². The molecule has 0 saturated carbocycles. The van der Waals surface area contributed by atoms with E-state index in [4.69, 9.17) is 0 Å². The molecule has 0 fully saturated rings. The zero-order chi connectivity index (χ0) is 17.2. The van der Waals surface area contributed by atoms with Gasteiger partial charge < -0.3 is 15.5 Å². The highest BCUT2D eigenvalue weighted by atomic mass is 35.5. The van der Waals surface area contributed by atoms with Gasteiger partial charge in [-0.05, 0) is 43.3 Å². The molecule has 0 atom stereocenters. The first-order valence-corrected chi connectivity index (χ1v) is 8.62. The fraction of sp³-hybridized carbons (Fsp3) is 0.350. The van der Waals surface area contributed by atoms with Crippen molar-refractivity contribution in [1.29, 1.82) is 0 Å². The summed E-state index contributed by atoms with van der Waals surface area (Å²) in [6, 6.07) is 18.2. The van der Waals surface area contributed by atoms with E-state index in [0.29, 0.717) is 12.1 Å². The summed E-state index contributed by atoms with van der Waals surface area (Å²) in [6.45, 7) is 8.33. The molecule has 0 bridgehead atoms. The molecule has 25 heavy (non-hydrogen) atoms. The zero-order valence-corrected chi connectivity index (χ0v) is 15.8. The Balaban J connectivity index is 0.00000312. The van der Waals surface area contributed by atoms with Gasteiger partial charge in [0.25, 0.3) is 5.91 Å². The van der Waals surface area contributed by atoms with Gasteiger partial charge in [0.15, 0.2) is 0 Å². The second-order valence-corrected chi connectivity index (χ2v) is 5.66. The van der Waals surface area contributed by atoms with E-state index in [1.807, 2.05) is 30.3 Å². The fourth-order valence-corrected chi connectivity index (χ4v) is 2.56. The van der Waals surface area contributed by atoms with Gasteiger partial charge in [0.2, 0.25) is 0 Å². The molecule has 2 rings (SSSR count). The average Bonchev–Trinajstić information content (AvgIpc) is 2.64. The molecule has 5 heteroatoms. The van der Waals surface area contributed by atoms with Crippen molar-refractivity contribution in [2.24, 2.45) is 0 Å². The number of carbonyl (C=O) groups is 1. The first kappa shape index (κ1) is 21.0. The lowest BCUT2D eigenvalue weighted by Crippen LogP contribution is -2.31. The van der Waals surface area contributed by atoms with Gasteiger partial charge in [0, 0.05) is 37.4 Å². The largest absolute Gasteiger partial charge is 0.367 e. The van der Waals surface area contributed by atoms with Crippen LogP contribution in [0.3, 0.4) is 0 Å². The third-order valence-electron chi connectivity index (χ3n) is 3.93. The van der Waals surface area contributed by atoms with E-state index < -0.39 is 0 Å². The van der Waals surface area contributed by atoms with Gasteiger partial charge in [-0.3, -0.25) is 4.79 Å². The van der Waals surface area contributed by atoms with Crippen LogP contribution in [0, 0.1) is 0 Å². The molecule has 0 aliphatic carbocycles. The lowest BCUT2D eigenvalue weighted by atomic mass is 10.1. The number of carbonyl (C=O) groups excluding carboxylic acids is 1. The van der Waals surface area contributed by atoms with Crippen LogP contribution in [-0.2, 0) is 6.54 Å². The van der Waals surface area contributed by atoms with E-state index in [9.17, 15) is 4.79 Å². The minimum Gasteiger partial charge on any atom is -0.367 e. The Morgan fingerprint density at radius 1 is 0.960 bits per heavy atom. The van der Waals surface area contributed by atoms with Crippen LogP contribution in [0.2, 0.25) is 0 Å². The van der Waals surface area contributed by atoms with Gasteiger partial charge in [-0.1, -0.05) is 37.3 Å².